The lowest BCUT2D eigenvalue weighted by atomic mass is 10.1. The van der Waals surface area contributed by atoms with Crippen LogP contribution in [0.5, 0.6) is 11.5 Å². The van der Waals surface area contributed by atoms with Gasteiger partial charge in [-0.2, -0.15) is 0 Å². The van der Waals surface area contributed by atoms with Crippen LogP contribution < -0.4 is 14.4 Å². The number of hydrogen-bond donors (Lipinski definition) is 0. The number of benzene rings is 2. The summed E-state index contributed by atoms with van der Waals surface area (Å²) >= 11 is 5.99. The van der Waals surface area contributed by atoms with Gasteiger partial charge < -0.3 is 14.4 Å². The van der Waals surface area contributed by atoms with Crippen LogP contribution in [0, 0.1) is 0 Å². The van der Waals surface area contributed by atoms with Gasteiger partial charge in [0, 0.05) is 28.7 Å². The molecule has 0 fully saturated rings. The topological polar surface area (TPSA) is 51.7 Å². The molecule has 4 rings (SSSR count). The van der Waals surface area contributed by atoms with E-state index in [1.165, 1.54) is 0 Å². The fourth-order valence-electron chi connectivity index (χ4n) is 2.76. The van der Waals surface area contributed by atoms with Gasteiger partial charge in [-0.1, -0.05) is 17.7 Å². The van der Waals surface area contributed by atoms with Gasteiger partial charge in [-0.15, -0.1) is 0 Å². The van der Waals surface area contributed by atoms with Gasteiger partial charge in [-0.25, -0.2) is 0 Å². The Bertz CT molecular complexity index is 930. The summed E-state index contributed by atoms with van der Waals surface area (Å²) in [5.41, 5.74) is 2.20. The Morgan fingerprint density at radius 2 is 1.88 bits per heavy atom. The zero-order chi connectivity index (χ0) is 17.9. The van der Waals surface area contributed by atoms with Crippen molar-refractivity contribution < 1.29 is 14.3 Å². The van der Waals surface area contributed by atoms with Gasteiger partial charge in [0.15, 0.2) is 11.5 Å². The molecule has 3 aromatic rings. The van der Waals surface area contributed by atoms with Gasteiger partial charge in [0.25, 0.3) is 5.91 Å². The lowest BCUT2D eigenvalue weighted by molar-refractivity contribution is 0.0984. The van der Waals surface area contributed by atoms with E-state index in [1.807, 2.05) is 24.3 Å². The maximum absolute atomic E-state index is 13.2. The summed E-state index contributed by atoms with van der Waals surface area (Å²) in [6, 6.07) is 16.1. The predicted molar refractivity (Wildman–Crippen MR) is 98.8 cm³/mol. The van der Waals surface area contributed by atoms with E-state index in [1.54, 1.807) is 47.6 Å². The SMILES string of the molecule is O=C(c1ccc2c(c1)OCO2)N(Cc1cccnc1)c1ccc(Cl)cc1. The second-order valence-electron chi connectivity index (χ2n) is 5.80. The van der Waals surface area contributed by atoms with Gasteiger partial charge in [-0.3, -0.25) is 9.78 Å². The third-order valence-electron chi connectivity index (χ3n) is 4.07. The highest BCUT2D eigenvalue weighted by Crippen LogP contribution is 2.33. The van der Waals surface area contributed by atoms with E-state index >= 15 is 0 Å². The number of ether oxygens (including phenoxy) is 2. The number of anilines is 1. The predicted octanol–water partition coefficient (Wildman–Crippen LogP) is 4.31. The number of carbonyl (C=O) groups excluding carboxylic acids is 1. The molecule has 2 aromatic carbocycles. The average Bonchev–Trinajstić information content (AvgIpc) is 3.15. The van der Waals surface area contributed by atoms with Crippen molar-refractivity contribution in [3.05, 3.63) is 83.1 Å². The van der Waals surface area contributed by atoms with Crippen LogP contribution in [0.3, 0.4) is 0 Å². The minimum atomic E-state index is -0.144. The molecule has 1 aliphatic rings. The summed E-state index contributed by atoms with van der Waals surface area (Å²) in [6.45, 7) is 0.562. The highest BCUT2D eigenvalue weighted by Gasteiger charge is 2.22. The van der Waals surface area contributed by atoms with Gasteiger partial charge >= 0.3 is 0 Å². The Kier molecular flexibility index (Phi) is 4.46. The standard InChI is InChI=1S/C20H15ClN2O3/c21-16-4-6-17(7-5-16)23(12-14-2-1-9-22-11-14)20(24)15-3-8-18-19(10-15)26-13-25-18/h1-11H,12-13H2. The molecular formula is C20H15ClN2O3. The van der Waals surface area contributed by atoms with Crippen LogP contribution >= 0.6 is 11.6 Å². The number of halogens is 1. The second kappa shape index (κ2) is 7.06. The number of rotatable bonds is 4. The van der Waals surface area contributed by atoms with E-state index < -0.39 is 0 Å². The molecule has 130 valence electrons. The van der Waals surface area contributed by atoms with E-state index in [-0.39, 0.29) is 12.7 Å². The second-order valence-corrected chi connectivity index (χ2v) is 6.23. The van der Waals surface area contributed by atoms with Gasteiger partial charge in [0.1, 0.15) is 0 Å². The van der Waals surface area contributed by atoms with Gasteiger partial charge in [-0.05, 0) is 54.1 Å². The van der Waals surface area contributed by atoms with Crippen molar-refractivity contribution in [2.24, 2.45) is 0 Å². The Hall–Kier alpha value is -3.05. The fraction of sp³-hybridized carbons (Fsp3) is 0.100. The Balaban J connectivity index is 1.69. The summed E-state index contributed by atoms with van der Waals surface area (Å²) in [7, 11) is 0. The minimum Gasteiger partial charge on any atom is -0.454 e. The largest absolute Gasteiger partial charge is 0.454 e. The monoisotopic (exact) mass is 366 g/mol. The maximum Gasteiger partial charge on any atom is 0.258 e. The molecule has 0 atom stereocenters. The minimum absolute atomic E-state index is 0.144. The number of aromatic nitrogens is 1. The Morgan fingerprint density at radius 1 is 1.08 bits per heavy atom. The number of hydrogen-bond acceptors (Lipinski definition) is 4. The summed E-state index contributed by atoms with van der Waals surface area (Å²) < 4.78 is 10.7. The summed E-state index contributed by atoms with van der Waals surface area (Å²) in [6.07, 6.45) is 3.45. The molecule has 5 nitrogen and oxygen atoms in total. The van der Waals surface area contributed by atoms with Crippen LogP contribution in [-0.2, 0) is 6.54 Å². The van der Waals surface area contributed by atoms with Gasteiger partial charge in [0.05, 0.1) is 6.54 Å². The van der Waals surface area contributed by atoms with Crippen LogP contribution in [0.2, 0.25) is 5.02 Å². The molecule has 0 aliphatic carbocycles. The molecule has 1 aliphatic heterocycles. The Morgan fingerprint density at radius 3 is 2.65 bits per heavy atom. The molecule has 0 saturated heterocycles. The van der Waals surface area contributed by atoms with Crippen LogP contribution in [0.1, 0.15) is 15.9 Å². The van der Waals surface area contributed by atoms with Crippen LogP contribution in [0.25, 0.3) is 0 Å². The summed E-state index contributed by atoms with van der Waals surface area (Å²) in [4.78, 5) is 19.0. The molecule has 26 heavy (non-hydrogen) atoms. The highest BCUT2D eigenvalue weighted by atomic mass is 35.5. The quantitative estimate of drug-likeness (QED) is 0.690. The first-order chi connectivity index (χ1) is 12.7. The number of pyridine rings is 1. The molecule has 0 unspecified atom stereocenters. The first-order valence-corrected chi connectivity index (χ1v) is 8.44. The van der Waals surface area contributed by atoms with Crippen LogP contribution in [0.15, 0.2) is 67.0 Å². The first-order valence-electron chi connectivity index (χ1n) is 8.07. The zero-order valence-electron chi connectivity index (χ0n) is 13.8. The molecule has 1 aromatic heterocycles. The molecule has 0 saturated carbocycles. The van der Waals surface area contributed by atoms with Crippen molar-refractivity contribution in [2.45, 2.75) is 6.54 Å². The molecule has 1 amide bonds. The molecule has 2 heterocycles. The Labute approximate surface area is 155 Å². The summed E-state index contributed by atoms with van der Waals surface area (Å²) in [5.74, 6) is 1.08. The normalized spacial score (nSPS) is 12.0. The molecule has 0 radical (unpaired) electrons. The van der Waals surface area contributed by atoms with Crippen LogP contribution in [-0.4, -0.2) is 17.7 Å². The molecular weight excluding hydrogens is 352 g/mol. The lowest BCUT2D eigenvalue weighted by Crippen LogP contribution is -2.30. The van der Waals surface area contributed by atoms with Crippen molar-refractivity contribution in [1.29, 1.82) is 0 Å². The van der Waals surface area contributed by atoms with Crippen LogP contribution in [0.4, 0.5) is 5.69 Å². The molecule has 0 N–H and O–H groups in total. The molecule has 0 spiro atoms. The van der Waals surface area contributed by atoms with Gasteiger partial charge in [0.2, 0.25) is 6.79 Å². The number of carbonyl (C=O) groups is 1. The van der Waals surface area contributed by atoms with E-state index in [0.717, 1.165) is 11.3 Å². The maximum atomic E-state index is 13.2. The zero-order valence-corrected chi connectivity index (χ0v) is 14.5. The van der Waals surface area contributed by atoms with E-state index in [9.17, 15) is 4.79 Å². The highest BCUT2D eigenvalue weighted by molar-refractivity contribution is 6.30. The first kappa shape index (κ1) is 16.4. The molecule has 6 heteroatoms. The number of amides is 1. The van der Waals surface area contributed by atoms with Crippen molar-refractivity contribution in [2.75, 3.05) is 11.7 Å². The van der Waals surface area contributed by atoms with Crippen molar-refractivity contribution in [3.63, 3.8) is 0 Å². The molecule has 0 bridgehead atoms. The van der Waals surface area contributed by atoms with E-state index in [0.29, 0.717) is 28.6 Å². The summed E-state index contributed by atoms with van der Waals surface area (Å²) in [5, 5.41) is 0.616. The third-order valence-corrected chi connectivity index (χ3v) is 4.32. The van der Waals surface area contributed by atoms with Crippen molar-refractivity contribution >= 4 is 23.2 Å². The average molecular weight is 367 g/mol. The van der Waals surface area contributed by atoms with Crippen molar-refractivity contribution in [3.8, 4) is 11.5 Å². The number of fused-ring (bicyclic) bond motifs is 1. The van der Waals surface area contributed by atoms with E-state index in [4.69, 9.17) is 21.1 Å². The smallest absolute Gasteiger partial charge is 0.258 e. The van der Waals surface area contributed by atoms with E-state index in [2.05, 4.69) is 4.98 Å². The number of nitrogens with zero attached hydrogens (tertiary/aromatic N) is 2. The van der Waals surface area contributed by atoms with Crippen molar-refractivity contribution in [1.82, 2.24) is 4.98 Å². The fourth-order valence-corrected chi connectivity index (χ4v) is 2.89. The third kappa shape index (κ3) is 3.34. The lowest BCUT2D eigenvalue weighted by Gasteiger charge is -2.23.